The largest absolute Gasteiger partial charge is 0.318 e. The molecular formula is C13H21N3S. The van der Waals surface area contributed by atoms with Crippen LogP contribution in [0.3, 0.4) is 0 Å². The molecule has 3 rings (SSSR count). The van der Waals surface area contributed by atoms with E-state index in [1.807, 2.05) is 11.3 Å². The number of fused-ring (bicyclic) bond motifs is 1. The number of hydrogen-bond donors (Lipinski definition) is 1. The fraction of sp³-hybridized carbons (Fsp3) is 0.769. The van der Waals surface area contributed by atoms with Gasteiger partial charge in [0.25, 0.3) is 0 Å². The van der Waals surface area contributed by atoms with E-state index in [9.17, 15) is 0 Å². The first-order chi connectivity index (χ1) is 8.15. The number of nitrogens with zero attached hydrogens (tertiary/aromatic N) is 2. The molecule has 3 heterocycles. The molecular weight excluding hydrogens is 230 g/mol. The Morgan fingerprint density at radius 1 is 1.53 bits per heavy atom. The van der Waals surface area contributed by atoms with Gasteiger partial charge in [-0.25, -0.2) is 4.98 Å². The van der Waals surface area contributed by atoms with E-state index in [1.54, 1.807) is 0 Å². The van der Waals surface area contributed by atoms with Crippen molar-refractivity contribution >= 4 is 11.3 Å². The maximum absolute atomic E-state index is 6.71. The third-order valence-electron chi connectivity index (χ3n) is 4.40. The molecule has 4 heteroatoms. The minimum Gasteiger partial charge on any atom is -0.318 e. The highest BCUT2D eigenvalue weighted by Gasteiger charge is 2.49. The summed E-state index contributed by atoms with van der Waals surface area (Å²) in [5.74, 6) is 0. The van der Waals surface area contributed by atoms with Gasteiger partial charge in [-0.3, -0.25) is 4.90 Å². The van der Waals surface area contributed by atoms with Gasteiger partial charge in [0.1, 0.15) is 5.01 Å². The Balaban J connectivity index is 1.96. The molecule has 2 aliphatic heterocycles. The Morgan fingerprint density at radius 3 is 3.06 bits per heavy atom. The van der Waals surface area contributed by atoms with Gasteiger partial charge in [-0.05, 0) is 39.2 Å². The normalized spacial score (nSPS) is 33.2. The Hall–Kier alpha value is -0.450. The van der Waals surface area contributed by atoms with Crippen molar-refractivity contribution in [3.8, 4) is 0 Å². The molecule has 17 heavy (non-hydrogen) atoms. The molecule has 2 unspecified atom stereocenters. The number of nitrogens with two attached hydrogens (primary N) is 1. The van der Waals surface area contributed by atoms with E-state index >= 15 is 0 Å². The first-order valence-corrected chi connectivity index (χ1v) is 7.46. The molecule has 0 radical (unpaired) electrons. The zero-order chi connectivity index (χ0) is 12.0. The summed E-state index contributed by atoms with van der Waals surface area (Å²) in [6.45, 7) is 6.73. The molecule has 2 saturated heterocycles. The van der Waals surface area contributed by atoms with Crippen molar-refractivity contribution in [3.63, 3.8) is 0 Å². The van der Waals surface area contributed by atoms with Crippen LogP contribution < -0.4 is 5.73 Å². The SMILES string of the molecule is CCc1nc(C2(N)CCN3CCCC32)sc1C. The van der Waals surface area contributed by atoms with Crippen LogP contribution in [0.5, 0.6) is 0 Å². The fourth-order valence-corrected chi connectivity index (χ4v) is 4.56. The highest BCUT2D eigenvalue weighted by molar-refractivity contribution is 7.11. The minimum atomic E-state index is -0.167. The van der Waals surface area contributed by atoms with E-state index in [0.717, 1.165) is 19.4 Å². The van der Waals surface area contributed by atoms with Crippen molar-refractivity contribution in [3.05, 3.63) is 15.6 Å². The maximum Gasteiger partial charge on any atom is 0.115 e. The summed E-state index contributed by atoms with van der Waals surface area (Å²) in [5.41, 5.74) is 7.78. The minimum absolute atomic E-state index is 0.167. The summed E-state index contributed by atoms with van der Waals surface area (Å²) in [6, 6.07) is 0.540. The van der Waals surface area contributed by atoms with Gasteiger partial charge in [0, 0.05) is 17.5 Å². The first kappa shape index (κ1) is 11.6. The average molecular weight is 251 g/mol. The molecule has 0 bridgehead atoms. The van der Waals surface area contributed by atoms with Crippen LogP contribution in [-0.2, 0) is 12.0 Å². The molecule has 1 aromatic heterocycles. The number of rotatable bonds is 2. The quantitative estimate of drug-likeness (QED) is 0.874. The van der Waals surface area contributed by atoms with Crippen LogP contribution in [0.2, 0.25) is 0 Å². The second-order valence-corrected chi connectivity index (χ2v) is 6.56. The van der Waals surface area contributed by atoms with Gasteiger partial charge in [-0.1, -0.05) is 6.92 Å². The van der Waals surface area contributed by atoms with Gasteiger partial charge in [-0.15, -0.1) is 11.3 Å². The predicted octanol–water partition coefficient (Wildman–Crippen LogP) is 2.04. The van der Waals surface area contributed by atoms with Crippen LogP contribution >= 0.6 is 11.3 Å². The second kappa shape index (κ2) is 4.04. The van der Waals surface area contributed by atoms with Crippen molar-refractivity contribution in [1.29, 1.82) is 0 Å². The Kier molecular flexibility index (Phi) is 2.76. The summed E-state index contributed by atoms with van der Waals surface area (Å²) in [5, 5.41) is 1.18. The van der Waals surface area contributed by atoms with Crippen molar-refractivity contribution in [2.75, 3.05) is 13.1 Å². The van der Waals surface area contributed by atoms with Gasteiger partial charge in [0.2, 0.25) is 0 Å². The van der Waals surface area contributed by atoms with E-state index in [0.29, 0.717) is 6.04 Å². The van der Waals surface area contributed by atoms with Crippen LogP contribution in [0.15, 0.2) is 0 Å². The zero-order valence-electron chi connectivity index (χ0n) is 10.7. The summed E-state index contributed by atoms with van der Waals surface area (Å²) in [7, 11) is 0. The molecule has 0 saturated carbocycles. The molecule has 0 aromatic carbocycles. The third-order valence-corrected chi connectivity index (χ3v) is 5.60. The molecule has 0 aliphatic carbocycles. The number of thiazole rings is 1. The lowest BCUT2D eigenvalue weighted by atomic mass is 9.90. The third kappa shape index (κ3) is 1.65. The molecule has 2 fully saturated rings. The van der Waals surface area contributed by atoms with Crippen LogP contribution in [0.1, 0.15) is 41.8 Å². The molecule has 1 aromatic rings. The van der Waals surface area contributed by atoms with Gasteiger partial charge in [-0.2, -0.15) is 0 Å². The van der Waals surface area contributed by atoms with Gasteiger partial charge < -0.3 is 5.73 Å². The van der Waals surface area contributed by atoms with Gasteiger partial charge in [0.15, 0.2) is 0 Å². The lowest BCUT2D eigenvalue weighted by molar-refractivity contribution is 0.265. The number of hydrogen-bond acceptors (Lipinski definition) is 4. The molecule has 0 spiro atoms. The highest BCUT2D eigenvalue weighted by Crippen LogP contribution is 2.42. The van der Waals surface area contributed by atoms with E-state index < -0.39 is 0 Å². The first-order valence-electron chi connectivity index (χ1n) is 6.65. The highest BCUT2D eigenvalue weighted by atomic mass is 32.1. The monoisotopic (exact) mass is 251 g/mol. The Bertz CT molecular complexity index is 428. The average Bonchev–Trinajstić information content (AvgIpc) is 2.96. The molecule has 0 amide bonds. The topological polar surface area (TPSA) is 42.1 Å². The number of aromatic nitrogens is 1. The summed E-state index contributed by atoms with van der Waals surface area (Å²) in [6.07, 6.45) is 4.64. The summed E-state index contributed by atoms with van der Waals surface area (Å²) < 4.78 is 0. The fourth-order valence-electron chi connectivity index (χ4n) is 3.38. The van der Waals surface area contributed by atoms with E-state index in [4.69, 9.17) is 10.7 Å². The summed E-state index contributed by atoms with van der Waals surface area (Å²) >= 11 is 1.82. The van der Waals surface area contributed by atoms with Crippen molar-refractivity contribution < 1.29 is 0 Å². The maximum atomic E-state index is 6.71. The van der Waals surface area contributed by atoms with Crippen molar-refractivity contribution in [2.45, 2.75) is 51.1 Å². The van der Waals surface area contributed by atoms with Crippen LogP contribution in [0.4, 0.5) is 0 Å². The van der Waals surface area contributed by atoms with Gasteiger partial charge in [0.05, 0.1) is 11.2 Å². The van der Waals surface area contributed by atoms with Gasteiger partial charge >= 0.3 is 0 Å². The van der Waals surface area contributed by atoms with E-state index in [-0.39, 0.29) is 5.54 Å². The molecule has 2 aliphatic rings. The second-order valence-electron chi connectivity index (χ2n) is 5.36. The number of aryl methyl sites for hydroxylation is 2. The molecule has 2 atom stereocenters. The standard InChI is InChI=1S/C13H21N3S/c1-3-10-9(2)17-12(15-10)13(14)6-8-16-7-4-5-11(13)16/h11H,3-8,14H2,1-2H3. The molecule has 3 nitrogen and oxygen atoms in total. The van der Waals surface area contributed by atoms with E-state index in [2.05, 4.69) is 18.7 Å². The Morgan fingerprint density at radius 2 is 2.35 bits per heavy atom. The summed E-state index contributed by atoms with van der Waals surface area (Å²) in [4.78, 5) is 8.72. The Labute approximate surface area is 107 Å². The van der Waals surface area contributed by atoms with Crippen molar-refractivity contribution in [1.82, 2.24) is 9.88 Å². The van der Waals surface area contributed by atoms with E-state index in [1.165, 1.54) is 35.0 Å². The predicted molar refractivity (Wildman–Crippen MR) is 71.3 cm³/mol. The van der Waals surface area contributed by atoms with Crippen molar-refractivity contribution in [2.24, 2.45) is 5.73 Å². The van der Waals surface area contributed by atoms with Crippen LogP contribution in [0.25, 0.3) is 0 Å². The van der Waals surface area contributed by atoms with Crippen LogP contribution in [0, 0.1) is 6.92 Å². The van der Waals surface area contributed by atoms with Crippen LogP contribution in [-0.4, -0.2) is 29.0 Å². The molecule has 94 valence electrons. The lowest BCUT2D eigenvalue weighted by Gasteiger charge is -2.29. The zero-order valence-corrected chi connectivity index (χ0v) is 11.5. The molecule has 2 N–H and O–H groups in total. The smallest absolute Gasteiger partial charge is 0.115 e. The lowest BCUT2D eigenvalue weighted by Crippen LogP contribution is -2.46.